The molecular weight excluding hydrogens is 146 g/mol. The molecule has 1 heteroatoms. The summed E-state index contributed by atoms with van der Waals surface area (Å²) in [4.78, 5) is 0. The van der Waals surface area contributed by atoms with Gasteiger partial charge in [0.15, 0.2) is 0 Å². The Hall–Kier alpha value is -0.510. The molecule has 0 aromatic rings. The van der Waals surface area contributed by atoms with Crippen molar-refractivity contribution in [3.8, 4) is 6.07 Å². The molecular formula is C11H15N. The van der Waals surface area contributed by atoms with E-state index in [1.165, 1.54) is 19.3 Å². The summed E-state index contributed by atoms with van der Waals surface area (Å²) in [5.41, 5.74) is 0. The molecule has 64 valence electrons. The van der Waals surface area contributed by atoms with Crippen LogP contribution in [0.3, 0.4) is 0 Å². The van der Waals surface area contributed by atoms with E-state index < -0.39 is 0 Å². The molecule has 0 heterocycles. The molecule has 3 aliphatic rings. The second kappa shape index (κ2) is 2.05. The minimum atomic E-state index is 0.453. The Morgan fingerprint density at radius 2 is 1.67 bits per heavy atom. The Morgan fingerprint density at radius 3 is 2.17 bits per heavy atom. The fourth-order valence-electron chi connectivity index (χ4n) is 3.00. The van der Waals surface area contributed by atoms with Crippen molar-refractivity contribution in [3.05, 3.63) is 0 Å². The van der Waals surface area contributed by atoms with E-state index in [1.807, 2.05) is 0 Å². The van der Waals surface area contributed by atoms with Gasteiger partial charge in [0.1, 0.15) is 0 Å². The first kappa shape index (κ1) is 6.95. The van der Waals surface area contributed by atoms with Gasteiger partial charge >= 0.3 is 0 Å². The van der Waals surface area contributed by atoms with Crippen molar-refractivity contribution in [1.82, 2.24) is 0 Å². The normalized spacial score (nSPS) is 60.7. The van der Waals surface area contributed by atoms with Crippen LogP contribution >= 0.6 is 0 Å². The zero-order valence-corrected chi connectivity index (χ0v) is 7.53. The maximum Gasteiger partial charge on any atom is 0.0658 e. The summed E-state index contributed by atoms with van der Waals surface area (Å²) in [6, 6.07) is 2.40. The second-order valence-corrected chi connectivity index (χ2v) is 5.08. The van der Waals surface area contributed by atoms with E-state index in [9.17, 15) is 0 Å². The third-order valence-electron chi connectivity index (χ3n) is 4.17. The summed E-state index contributed by atoms with van der Waals surface area (Å²) in [6.07, 6.45) is 4.15. The number of nitrogens with zero attached hydrogens (tertiary/aromatic N) is 1. The minimum absolute atomic E-state index is 0.453. The van der Waals surface area contributed by atoms with E-state index in [0.29, 0.717) is 5.92 Å². The van der Waals surface area contributed by atoms with Crippen molar-refractivity contribution in [2.45, 2.75) is 26.2 Å². The molecule has 0 aromatic heterocycles. The lowest BCUT2D eigenvalue weighted by molar-refractivity contribution is 0.545. The summed E-state index contributed by atoms with van der Waals surface area (Å²) >= 11 is 0. The first-order chi connectivity index (χ1) is 5.81. The van der Waals surface area contributed by atoms with E-state index in [0.717, 1.165) is 29.6 Å². The molecule has 12 heavy (non-hydrogen) atoms. The van der Waals surface area contributed by atoms with Gasteiger partial charge in [0, 0.05) is 5.92 Å². The van der Waals surface area contributed by atoms with Crippen molar-refractivity contribution in [1.29, 1.82) is 5.26 Å². The third kappa shape index (κ3) is 0.905. The first-order valence-corrected chi connectivity index (χ1v) is 5.21. The Kier molecular flexibility index (Phi) is 1.18. The lowest BCUT2D eigenvalue weighted by atomic mass is 10.1. The predicted molar refractivity (Wildman–Crippen MR) is 46.1 cm³/mol. The second-order valence-electron chi connectivity index (χ2n) is 5.08. The maximum atomic E-state index is 8.70. The van der Waals surface area contributed by atoms with Gasteiger partial charge in [-0.15, -0.1) is 0 Å². The van der Waals surface area contributed by atoms with Gasteiger partial charge in [-0.25, -0.2) is 0 Å². The highest BCUT2D eigenvalue weighted by Crippen LogP contribution is 2.65. The summed E-state index contributed by atoms with van der Waals surface area (Å²) in [5.74, 6) is 5.38. The summed E-state index contributed by atoms with van der Waals surface area (Å²) < 4.78 is 0. The Morgan fingerprint density at radius 1 is 1.00 bits per heavy atom. The van der Waals surface area contributed by atoms with Gasteiger partial charge in [-0.3, -0.25) is 0 Å². The Bertz CT molecular complexity index is 252. The van der Waals surface area contributed by atoms with E-state index in [2.05, 4.69) is 13.0 Å². The van der Waals surface area contributed by atoms with Crippen molar-refractivity contribution >= 4 is 0 Å². The van der Waals surface area contributed by atoms with Crippen molar-refractivity contribution in [2.75, 3.05) is 0 Å². The quantitative estimate of drug-likeness (QED) is 0.610. The highest BCUT2D eigenvalue weighted by Gasteiger charge is 2.59. The van der Waals surface area contributed by atoms with E-state index in [4.69, 9.17) is 5.26 Å². The average molecular weight is 161 g/mol. The van der Waals surface area contributed by atoms with Gasteiger partial charge < -0.3 is 0 Å². The van der Waals surface area contributed by atoms with Crippen LogP contribution in [0.1, 0.15) is 26.2 Å². The van der Waals surface area contributed by atoms with Gasteiger partial charge in [-0.05, 0) is 48.9 Å². The minimum Gasteiger partial charge on any atom is -0.198 e. The van der Waals surface area contributed by atoms with Gasteiger partial charge in [0.2, 0.25) is 0 Å². The number of hydrogen-bond donors (Lipinski definition) is 0. The van der Waals surface area contributed by atoms with Gasteiger partial charge in [-0.1, -0.05) is 6.92 Å². The lowest BCUT2D eigenvalue weighted by Crippen LogP contribution is -1.90. The molecule has 0 spiro atoms. The standard InChI is InChI=1S/C11H15N/c1-6-2-8(6)10-4-11(10)9-3-7(9)5-12/h6-11H,2-4H2,1H3. The molecule has 1 nitrogen and oxygen atoms in total. The molecule has 6 atom stereocenters. The van der Waals surface area contributed by atoms with E-state index >= 15 is 0 Å². The average Bonchev–Trinajstić information content (AvgIpc) is 2.89. The molecule has 0 N–H and O–H groups in total. The fraction of sp³-hybridized carbons (Fsp3) is 0.909. The highest BCUT2D eigenvalue weighted by atomic mass is 14.6. The first-order valence-electron chi connectivity index (χ1n) is 5.21. The molecule has 0 amide bonds. The van der Waals surface area contributed by atoms with Crippen LogP contribution in [0.25, 0.3) is 0 Å². The molecule has 3 fully saturated rings. The number of hydrogen-bond acceptors (Lipinski definition) is 1. The summed E-state index contributed by atoms with van der Waals surface area (Å²) in [5, 5.41) is 8.70. The number of nitriles is 1. The molecule has 0 bridgehead atoms. The van der Waals surface area contributed by atoms with Gasteiger partial charge in [-0.2, -0.15) is 5.26 Å². The van der Waals surface area contributed by atoms with Crippen LogP contribution in [-0.2, 0) is 0 Å². The smallest absolute Gasteiger partial charge is 0.0658 e. The van der Waals surface area contributed by atoms with Gasteiger partial charge in [0.25, 0.3) is 0 Å². The predicted octanol–water partition coefficient (Wildman–Crippen LogP) is 2.44. The maximum absolute atomic E-state index is 8.70. The van der Waals surface area contributed by atoms with Crippen LogP contribution in [0.2, 0.25) is 0 Å². The molecule has 6 unspecified atom stereocenters. The van der Waals surface area contributed by atoms with Crippen LogP contribution < -0.4 is 0 Å². The lowest BCUT2D eigenvalue weighted by Gasteiger charge is -1.93. The Labute approximate surface area is 73.8 Å². The molecule has 3 saturated carbocycles. The summed E-state index contributed by atoms with van der Waals surface area (Å²) in [6.45, 7) is 2.37. The molecule has 0 radical (unpaired) electrons. The molecule has 0 aliphatic heterocycles. The van der Waals surface area contributed by atoms with Gasteiger partial charge in [0.05, 0.1) is 6.07 Å². The monoisotopic (exact) mass is 161 g/mol. The third-order valence-corrected chi connectivity index (χ3v) is 4.17. The topological polar surface area (TPSA) is 23.8 Å². The van der Waals surface area contributed by atoms with Crippen LogP contribution in [0.5, 0.6) is 0 Å². The van der Waals surface area contributed by atoms with E-state index in [-0.39, 0.29) is 0 Å². The molecule has 0 saturated heterocycles. The van der Waals surface area contributed by atoms with Crippen LogP contribution in [0.4, 0.5) is 0 Å². The van der Waals surface area contributed by atoms with Crippen LogP contribution in [0.15, 0.2) is 0 Å². The zero-order valence-electron chi connectivity index (χ0n) is 7.53. The van der Waals surface area contributed by atoms with E-state index in [1.54, 1.807) is 0 Å². The Balaban J connectivity index is 1.54. The fourth-order valence-corrected chi connectivity index (χ4v) is 3.00. The number of rotatable bonds is 2. The summed E-state index contributed by atoms with van der Waals surface area (Å²) in [7, 11) is 0. The highest BCUT2D eigenvalue weighted by molar-refractivity contribution is 5.12. The molecule has 3 aliphatic carbocycles. The zero-order chi connectivity index (χ0) is 8.29. The molecule has 3 rings (SSSR count). The van der Waals surface area contributed by atoms with Crippen molar-refractivity contribution in [3.63, 3.8) is 0 Å². The van der Waals surface area contributed by atoms with Crippen LogP contribution in [0, 0.1) is 46.8 Å². The van der Waals surface area contributed by atoms with Crippen LogP contribution in [-0.4, -0.2) is 0 Å². The largest absolute Gasteiger partial charge is 0.198 e. The molecule has 0 aromatic carbocycles. The van der Waals surface area contributed by atoms with Crippen molar-refractivity contribution < 1.29 is 0 Å². The van der Waals surface area contributed by atoms with Crippen molar-refractivity contribution in [2.24, 2.45) is 35.5 Å². The SMILES string of the molecule is CC1CC1C1CC1C1CC1C#N.